The topological polar surface area (TPSA) is 29.1 Å². The molecule has 1 atom stereocenters. The molecule has 0 aliphatic heterocycles. The number of rotatable bonds is 18. The Kier molecular flexibility index (Phi) is 17.4. The van der Waals surface area contributed by atoms with Crippen LogP contribution in [0.2, 0.25) is 0 Å². The highest BCUT2D eigenvalue weighted by Crippen LogP contribution is 2.20. The van der Waals surface area contributed by atoms with Crippen LogP contribution < -0.4 is 5.32 Å². The monoisotopic (exact) mass is 351 g/mol. The maximum Gasteiger partial charge on any atom is 0.227 e. The summed E-state index contributed by atoms with van der Waals surface area (Å²) in [7, 11) is 0. The van der Waals surface area contributed by atoms with Crippen LogP contribution in [-0.4, -0.2) is 5.91 Å². The maximum atomic E-state index is 12.0. The van der Waals surface area contributed by atoms with Crippen molar-refractivity contribution in [3.05, 3.63) is 12.8 Å². The van der Waals surface area contributed by atoms with Crippen LogP contribution in [0.5, 0.6) is 0 Å². The first kappa shape index (κ1) is 24.2. The second kappa shape index (κ2) is 18.0. The molecule has 1 unspecified atom stereocenters. The fraction of sp³-hybridized carbons (Fsp3) is 0.870. The number of hydrogen-bond acceptors (Lipinski definition) is 1. The molecule has 0 radical (unpaired) electrons. The highest BCUT2D eigenvalue weighted by Gasteiger charge is 2.20. The van der Waals surface area contributed by atoms with Crippen LogP contribution in [0.25, 0.3) is 0 Å². The molecule has 0 aromatic carbocycles. The van der Waals surface area contributed by atoms with Crippen LogP contribution in [0.15, 0.2) is 12.8 Å². The summed E-state index contributed by atoms with van der Waals surface area (Å²) in [6.07, 6.45) is 21.8. The minimum Gasteiger partial charge on any atom is -0.333 e. The zero-order valence-electron chi connectivity index (χ0n) is 17.5. The second-order valence-electron chi connectivity index (χ2n) is 7.95. The highest BCUT2D eigenvalue weighted by atomic mass is 16.1. The molecular formula is C23H45NO. The van der Waals surface area contributed by atoms with Crippen LogP contribution in [-0.2, 0) is 4.79 Å². The Balaban J connectivity index is 3.40. The molecule has 1 amide bonds. The van der Waals surface area contributed by atoms with Crippen LogP contribution in [0.4, 0.5) is 0 Å². The number of hydrogen-bond donors (Lipinski definition) is 1. The number of carbonyl (C=O) groups is 1. The summed E-state index contributed by atoms with van der Waals surface area (Å²) in [6.45, 7) is 10.1. The molecule has 0 rings (SSSR count). The van der Waals surface area contributed by atoms with E-state index in [1.165, 1.54) is 96.1 Å². The van der Waals surface area contributed by atoms with E-state index in [2.05, 4.69) is 32.7 Å². The van der Waals surface area contributed by atoms with E-state index in [4.69, 9.17) is 0 Å². The van der Waals surface area contributed by atoms with E-state index in [-0.39, 0.29) is 11.8 Å². The Morgan fingerprint density at radius 3 is 1.56 bits per heavy atom. The van der Waals surface area contributed by atoms with Crippen molar-refractivity contribution >= 4 is 5.91 Å². The molecule has 0 saturated carbocycles. The fourth-order valence-electron chi connectivity index (χ4n) is 3.53. The smallest absolute Gasteiger partial charge is 0.227 e. The lowest BCUT2D eigenvalue weighted by atomic mass is 9.89. The molecule has 148 valence electrons. The lowest BCUT2D eigenvalue weighted by Gasteiger charge is -2.19. The first-order chi connectivity index (χ1) is 12.1. The van der Waals surface area contributed by atoms with Crippen molar-refractivity contribution in [1.82, 2.24) is 5.32 Å². The molecule has 0 spiro atoms. The van der Waals surface area contributed by atoms with E-state index < -0.39 is 0 Å². The molecule has 0 bridgehead atoms. The quantitative estimate of drug-likeness (QED) is 0.256. The summed E-state index contributed by atoms with van der Waals surface area (Å²) in [5.41, 5.74) is 0. The van der Waals surface area contributed by atoms with Gasteiger partial charge in [-0.15, -0.1) is 0 Å². The molecule has 0 aliphatic carbocycles. The number of amides is 1. The van der Waals surface area contributed by atoms with Gasteiger partial charge in [0.05, 0.1) is 0 Å². The molecular weight excluding hydrogens is 306 g/mol. The molecule has 0 saturated heterocycles. The highest BCUT2D eigenvalue weighted by molar-refractivity contribution is 5.79. The van der Waals surface area contributed by atoms with Gasteiger partial charge in [-0.2, -0.15) is 0 Å². The molecule has 0 fully saturated rings. The van der Waals surface area contributed by atoms with Gasteiger partial charge in [0.1, 0.15) is 0 Å². The van der Waals surface area contributed by atoms with Crippen molar-refractivity contribution in [1.29, 1.82) is 0 Å². The van der Waals surface area contributed by atoms with Crippen molar-refractivity contribution in [3.8, 4) is 0 Å². The van der Waals surface area contributed by atoms with Gasteiger partial charge in [0.15, 0.2) is 0 Å². The molecule has 2 heteroatoms. The van der Waals surface area contributed by atoms with Crippen molar-refractivity contribution in [2.75, 3.05) is 0 Å². The largest absolute Gasteiger partial charge is 0.333 e. The van der Waals surface area contributed by atoms with E-state index in [1.807, 2.05) is 0 Å². The Hall–Kier alpha value is -0.790. The lowest BCUT2D eigenvalue weighted by molar-refractivity contribution is -0.125. The third-order valence-electron chi connectivity index (χ3n) is 5.25. The summed E-state index contributed by atoms with van der Waals surface area (Å²) in [5.74, 6) is 0.678. The van der Waals surface area contributed by atoms with Gasteiger partial charge >= 0.3 is 0 Å². The van der Waals surface area contributed by atoms with Crippen molar-refractivity contribution < 1.29 is 4.79 Å². The predicted molar refractivity (Wildman–Crippen MR) is 112 cm³/mol. The molecule has 2 nitrogen and oxygen atoms in total. The summed E-state index contributed by atoms with van der Waals surface area (Å²) in [4.78, 5) is 12.0. The van der Waals surface area contributed by atoms with Gasteiger partial charge in [-0.05, 0) is 18.5 Å². The summed E-state index contributed by atoms with van der Waals surface area (Å²) in [5, 5.41) is 2.75. The van der Waals surface area contributed by atoms with Crippen LogP contribution >= 0.6 is 0 Å². The van der Waals surface area contributed by atoms with Crippen molar-refractivity contribution in [2.45, 2.75) is 117 Å². The first-order valence-electron chi connectivity index (χ1n) is 11.0. The van der Waals surface area contributed by atoms with Gasteiger partial charge in [0.2, 0.25) is 5.91 Å². The Labute approximate surface area is 158 Å². The van der Waals surface area contributed by atoms with Gasteiger partial charge in [-0.25, -0.2) is 0 Å². The zero-order valence-corrected chi connectivity index (χ0v) is 17.5. The Morgan fingerprint density at radius 1 is 0.800 bits per heavy atom. The van der Waals surface area contributed by atoms with E-state index in [1.54, 1.807) is 0 Å². The number of nitrogens with one attached hydrogen (secondary N) is 1. The van der Waals surface area contributed by atoms with E-state index in [9.17, 15) is 4.79 Å². The zero-order chi connectivity index (χ0) is 18.8. The van der Waals surface area contributed by atoms with Crippen LogP contribution in [0.3, 0.4) is 0 Å². The molecule has 0 heterocycles. The SMILES string of the molecule is C=CNC(=O)C(CCCCCCCCCCCCCCCC)C(C)C. The molecule has 25 heavy (non-hydrogen) atoms. The maximum absolute atomic E-state index is 12.0. The van der Waals surface area contributed by atoms with Crippen molar-refractivity contribution in [2.24, 2.45) is 11.8 Å². The summed E-state index contributed by atoms with van der Waals surface area (Å²) < 4.78 is 0. The molecule has 0 aliphatic rings. The summed E-state index contributed by atoms with van der Waals surface area (Å²) >= 11 is 0. The average Bonchev–Trinajstić information content (AvgIpc) is 2.58. The molecule has 0 aromatic rings. The third-order valence-corrected chi connectivity index (χ3v) is 5.25. The van der Waals surface area contributed by atoms with Crippen LogP contribution in [0, 0.1) is 11.8 Å². The van der Waals surface area contributed by atoms with Gasteiger partial charge in [-0.3, -0.25) is 4.79 Å². The Bertz CT molecular complexity index is 311. The molecule has 1 N–H and O–H groups in total. The Morgan fingerprint density at radius 2 is 1.20 bits per heavy atom. The van der Waals surface area contributed by atoms with E-state index in [0.29, 0.717) is 5.92 Å². The minimum absolute atomic E-state index is 0.135. The van der Waals surface area contributed by atoms with Crippen molar-refractivity contribution in [3.63, 3.8) is 0 Å². The average molecular weight is 352 g/mol. The third kappa shape index (κ3) is 15.2. The minimum atomic E-state index is 0.135. The van der Waals surface area contributed by atoms with Gasteiger partial charge in [0.25, 0.3) is 0 Å². The number of unbranched alkanes of at least 4 members (excludes halogenated alkanes) is 13. The fourth-order valence-corrected chi connectivity index (χ4v) is 3.53. The summed E-state index contributed by atoms with van der Waals surface area (Å²) in [6, 6.07) is 0. The van der Waals surface area contributed by atoms with E-state index in [0.717, 1.165) is 6.42 Å². The first-order valence-corrected chi connectivity index (χ1v) is 11.0. The van der Waals surface area contributed by atoms with Gasteiger partial charge < -0.3 is 5.32 Å². The molecule has 0 aromatic heterocycles. The van der Waals surface area contributed by atoms with Gasteiger partial charge in [0, 0.05) is 5.92 Å². The predicted octanol–water partition coefficient (Wildman–Crippen LogP) is 7.39. The number of carbonyl (C=O) groups excluding carboxylic acids is 1. The second-order valence-corrected chi connectivity index (χ2v) is 7.95. The van der Waals surface area contributed by atoms with Gasteiger partial charge in [-0.1, -0.05) is 117 Å². The lowest BCUT2D eigenvalue weighted by Crippen LogP contribution is -2.30. The van der Waals surface area contributed by atoms with E-state index >= 15 is 0 Å². The standard InChI is InChI=1S/C23H45NO/c1-5-7-8-9-10-11-12-13-14-15-16-17-18-19-20-22(21(3)4)23(25)24-6-2/h6,21-22H,2,5,7-20H2,1,3-4H3,(H,24,25). The van der Waals surface area contributed by atoms with Crippen LogP contribution in [0.1, 0.15) is 117 Å². The normalized spacial score (nSPS) is 12.3.